The lowest BCUT2D eigenvalue weighted by Crippen LogP contribution is -2.36. The summed E-state index contributed by atoms with van der Waals surface area (Å²) < 4.78 is 10.8. The Labute approximate surface area is 146 Å². The number of benzene rings is 1. The summed E-state index contributed by atoms with van der Waals surface area (Å²) in [5.74, 6) is -1.16. The van der Waals surface area contributed by atoms with Crippen molar-refractivity contribution in [2.24, 2.45) is 5.92 Å². The summed E-state index contributed by atoms with van der Waals surface area (Å²) in [5, 5.41) is 12.0. The number of carboxylic acids is 1. The van der Waals surface area contributed by atoms with Crippen LogP contribution >= 0.6 is 11.6 Å². The number of aliphatic carboxylic acids is 1. The number of hydrogen-bond acceptors (Lipinski definition) is 4. The van der Waals surface area contributed by atoms with E-state index in [1.54, 1.807) is 18.2 Å². The number of rotatable bonds is 9. The smallest absolute Gasteiger partial charge is 0.321 e. The Bertz CT molecular complexity index is 567. The molecule has 0 bridgehead atoms. The molecular weight excluding hydrogens is 336 g/mol. The van der Waals surface area contributed by atoms with Crippen molar-refractivity contribution in [3.05, 3.63) is 23.2 Å². The van der Waals surface area contributed by atoms with Gasteiger partial charge < -0.3 is 24.8 Å². The Kier molecular flexibility index (Phi) is 8.35. The van der Waals surface area contributed by atoms with Crippen LogP contribution in [0.15, 0.2) is 18.2 Å². The minimum absolute atomic E-state index is 0.0856. The number of carboxylic acid groups (broad SMARTS) is 1. The zero-order chi connectivity index (χ0) is 18.1. The number of anilines is 1. The van der Waals surface area contributed by atoms with E-state index in [0.717, 1.165) is 0 Å². The Morgan fingerprint density at radius 2 is 2.08 bits per heavy atom. The molecule has 0 saturated carbocycles. The third kappa shape index (κ3) is 6.64. The molecule has 0 aliphatic carbocycles. The number of hydrogen-bond donors (Lipinski definition) is 2. The van der Waals surface area contributed by atoms with Crippen LogP contribution in [0.2, 0.25) is 5.02 Å². The number of ether oxygens (including phenoxy) is 2. The van der Waals surface area contributed by atoms with Crippen molar-refractivity contribution in [1.29, 1.82) is 0 Å². The lowest BCUT2D eigenvalue weighted by atomic mass is 10.2. The van der Waals surface area contributed by atoms with E-state index in [4.69, 9.17) is 26.2 Å². The van der Waals surface area contributed by atoms with E-state index in [0.29, 0.717) is 36.3 Å². The summed E-state index contributed by atoms with van der Waals surface area (Å²) in [5.41, 5.74) is 0.416. The minimum Gasteiger partial charge on any atom is -0.489 e. The predicted octanol–water partition coefficient (Wildman–Crippen LogP) is 2.94. The normalized spacial score (nSPS) is 11.7. The van der Waals surface area contributed by atoms with Crippen LogP contribution in [0.25, 0.3) is 0 Å². The Morgan fingerprint density at radius 1 is 1.38 bits per heavy atom. The number of carbonyl (C=O) groups is 2. The number of amides is 2. The molecule has 7 nitrogen and oxygen atoms in total. The first-order valence-electron chi connectivity index (χ1n) is 7.60. The number of urea groups is 1. The molecule has 2 amide bonds. The second-order valence-electron chi connectivity index (χ2n) is 5.24. The molecule has 0 aliphatic rings. The van der Waals surface area contributed by atoms with Crippen molar-refractivity contribution in [3.63, 3.8) is 0 Å². The van der Waals surface area contributed by atoms with Gasteiger partial charge in [0.2, 0.25) is 0 Å². The first-order valence-corrected chi connectivity index (χ1v) is 7.98. The summed E-state index contributed by atoms with van der Waals surface area (Å²) >= 11 is 5.97. The SMILES string of the molecule is CCOCCOc1ccc(Cl)cc1NC(=O)N(C)CC(C)C(=O)O. The zero-order valence-electron chi connectivity index (χ0n) is 14.0. The number of carbonyl (C=O) groups excluding carboxylic acids is 1. The molecule has 0 aromatic heterocycles. The van der Waals surface area contributed by atoms with Gasteiger partial charge in [0.05, 0.1) is 18.2 Å². The van der Waals surface area contributed by atoms with E-state index in [2.05, 4.69) is 5.32 Å². The average molecular weight is 359 g/mol. The highest BCUT2D eigenvalue weighted by molar-refractivity contribution is 6.31. The van der Waals surface area contributed by atoms with Crippen LogP contribution in [0.1, 0.15) is 13.8 Å². The molecule has 0 fully saturated rings. The van der Waals surface area contributed by atoms with E-state index in [1.807, 2.05) is 6.92 Å². The molecule has 0 radical (unpaired) electrons. The maximum atomic E-state index is 12.2. The van der Waals surface area contributed by atoms with Gasteiger partial charge in [-0.25, -0.2) is 4.79 Å². The van der Waals surface area contributed by atoms with Crippen molar-refractivity contribution >= 4 is 29.3 Å². The number of nitrogens with one attached hydrogen (secondary N) is 1. The molecule has 134 valence electrons. The van der Waals surface area contributed by atoms with Crippen LogP contribution in [-0.2, 0) is 9.53 Å². The number of nitrogens with zero attached hydrogens (tertiary/aromatic N) is 1. The molecule has 1 atom stereocenters. The van der Waals surface area contributed by atoms with E-state index in [1.165, 1.54) is 18.9 Å². The van der Waals surface area contributed by atoms with Crippen molar-refractivity contribution in [1.82, 2.24) is 4.90 Å². The molecular formula is C16H23ClN2O5. The van der Waals surface area contributed by atoms with Crippen LogP contribution in [0, 0.1) is 5.92 Å². The van der Waals surface area contributed by atoms with E-state index >= 15 is 0 Å². The van der Waals surface area contributed by atoms with Crippen LogP contribution in [0.3, 0.4) is 0 Å². The maximum absolute atomic E-state index is 12.2. The van der Waals surface area contributed by atoms with Gasteiger partial charge in [-0.3, -0.25) is 4.79 Å². The molecule has 1 unspecified atom stereocenters. The summed E-state index contributed by atoms with van der Waals surface area (Å²) in [7, 11) is 1.52. The second-order valence-corrected chi connectivity index (χ2v) is 5.67. The lowest BCUT2D eigenvalue weighted by molar-refractivity contribution is -0.141. The molecule has 2 N–H and O–H groups in total. The van der Waals surface area contributed by atoms with Crippen molar-refractivity contribution in [2.45, 2.75) is 13.8 Å². The van der Waals surface area contributed by atoms with Crippen LogP contribution < -0.4 is 10.1 Å². The van der Waals surface area contributed by atoms with Gasteiger partial charge in [-0.2, -0.15) is 0 Å². The molecule has 0 saturated heterocycles. The molecule has 1 rings (SSSR count). The van der Waals surface area contributed by atoms with Crippen molar-refractivity contribution in [3.8, 4) is 5.75 Å². The Hall–Kier alpha value is -1.99. The molecule has 1 aromatic rings. The third-order valence-electron chi connectivity index (χ3n) is 3.19. The van der Waals surface area contributed by atoms with E-state index < -0.39 is 17.9 Å². The minimum atomic E-state index is -0.961. The van der Waals surface area contributed by atoms with Crippen molar-refractivity contribution < 1.29 is 24.2 Å². The number of halogens is 1. The molecule has 8 heteroatoms. The molecule has 24 heavy (non-hydrogen) atoms. The Balaban J connectivity index is 2.72. The third-order valence-corrected chi connectivity index (χ3v) is 3.42. The van der Waals surface area contributed by atoms with E-state index in [9.17, 15) is 9.59 Å². The average Bonchev–Trinajstić information content (AvgIpc) is 2.52. The summed E-state index contributed by atoms with van der Waals surface area (Å²) in [6.45, 7) is 4.88. The lowest BCUT2D eigenvalue weighted by Gasteiger charge is -2.21. The first-order chi connectivity index (χ1) is 11.3. The van der Waals surface area contributed by atoms with Gasteiger partial charge in [0.1, 0.15) is 12.4 Å². The fraction of sp³-hybridized carbons (Fsp3) is 0.500. The topological polar surface area (TPSA) is 88.1 Å². The van der Waals surface area contributed by atoms with Gasteiger partial charge in [-0.1, -0.05) is 18.5 Å². The molecule has 1 aromatic carbocycles. The molecule has 0 spiro atoms. The fourth-order valence-electron chi connectivity index (χ4n) is 1.86. The van der Waals surface area contributed by atoms with Gasteiger partial charge in [0.25, 0.3) is 0 Å². The highest BCUT2D eigenvalue weighted by Crippen LogP contribution is 2.28. The predicted molar refractivity (Wildman–Crippen MR) is 91.9 cm³/mol. The fourth-order valence-corrected chi connectivity index (χ4v) is 2.04. The standard InChI is InChI=1S/C16H23ClN2O5/c1-4-23-7-8-24-14-6-5-12(17)9-13(14)18-16(22)19(3)10-11(2)15(20)21/h5-6,9,11H,4,7-8,10H2,1-3H3,(H,18,22)(H,20,21). The van der Waals surface area contributed by atoms with Crippen LogP contribution in [0.5, 0.6) is 5.75 Å². The zero-order valence-corrected chi connectivity index (χ0v) is 14.8. The molecule has 0 heterocycles. The van der Waals surface area contributed by atoms with Gasteiger partial charge in [0.15, 0.2) is 0 Å². The van der Waals surface area contributed by atoms with Gasteiger partial charge >= 0.3 is 12.0 Å². The van der Waals surface area contributed by atoms with Gasteiger partial charge in [-0.15, -0.1) is 0 Å². The monoisotopic (exact) mass is 358 g/mol. The Morgan fingerprint density at radius 3 is 2.71 bits per heavy atom. The maximum Gasteiger partial charge on any atom is 0.321 e. The van der Waals surface area contributed by atoms with Gasteiger partial charge in [0, 0.05) is 25.2 Å². The van der Waals surface area contributed by atoms with E-state index in [-0.39, 0.29) is 6.54 Å². The molecule has 0 aliphatic heterocycles. The van der Waals surface area contributed by atoms with Crippen LogP contribution in [-0.4, -0.2) is 55.4 Å². The highest BCUT2D eigenvalue weighted by Gasteiger charge is 2.18. The van der Waals surface area contributed by atoms with Crippen LogP contribution in [0.4, 0.5) is 10.5 Å². The van der Waals surface area contributed by atoms with Crippen molar-refractivity contribution in [2.75, 3.05) is 38.7 Å². The highest BCUT2D eigenvalue weighted by atomic mass is 35.5. The second kappa shape index (κ2) is 10.00. The van der Waals surface area contributed by atoms with Gasteiger partial charge in [-0.05, 0) is 25.1 Å². The summed E-state index contributed by atoms with van der Waals surface area (Å²) in [6.07, 6.45) is 0. The summed E-state index contributed by atoms with van der Waals surface area (Å²) in [4.78, 5) is 24.4. The first kappa shape index (κ1) is 20.1. The quantitative estimate of drug-likeness (QED) is 0.662. The summed E-state index contributed by atoms with van der Waals surface area (Å²) in [6, 6.07) is 4.44. The largest absolute Gasteiger partial charge is 0.489 e.